The molecule has 1 saturated carbocycles. The van der Waals surface area contributed by atoms with Gasteiger partial charge in [-0.1, -0.05) is 50.5 Å². The molecule has 5 heteroatoms. The minimum atomic E-state index is -0.539. The molecule has 1 aliphatic heterocycles. The van der Waals surface area contributed by atoms with E-state index in [1.54, 1.807) is 0 Å². The largest absolute Gasteiger partial charge is 0.478 e. The van der Waals surface area contributed by atoms with Crippen molar-refractivity contribution in [1.82, 2.24) is 0 Å². The van der Waals surface area contributed by atoms with E-state index in [4.69, 9.17) is 4.74 Å². The first-order chi connectivity index (χ1) is 13.8. The summed E-state index contributed by atoms with van der Waals surface area (Å²) in [6.07, 6.45) is 14.5. The minimum absolute atomic E-state index is 0.00341. The summed E-state index contributed by atoms with van der Waals surface area (Å²) in [7, 11) is 0. The van der Waals surface area contributed by atoms with Gasteiger partial charge in [0.25, 0.3) is 0 Å². The molecule has 0 spiro atoms. The molecule has 0 amide bonds. The maximum atomic E-state index is 10.3. The molecule has 1 fully saturated rings. The number of ether oxygens (including phenoxy) is 1. The molecular formula is C24H41NO4. The average Bonchev–Trinajstić information content (AvgIpc) is 3.14. The van der Waals surface area contributed by atoms with Gasteiger partial charge in [0, 0.05) is 18.8 Å². The van der Waals surface area contributed by atoms with Gasteiger partial charge in [0.05, 0.1) is 23.9 Å². The molecule has 1 heterocycles. The van der Waals surface area contributed by atoms with Gasteiger partial charge in [-0.2, -0.15) is 0 Å². The molecule has 2 aliphatic rings. The van der Waals surface area contributed by atoms with Crippen molar-refractivity contribution in [2.45, 2.75) is 102 Å². The molecule has 0 aromatic heterocycles. The Hall–Kier alpha value is -1.17. The van der Waals surface area contributed by atoms with Crippen LogP contribution in [-0.2, 0) is 4.74 Å². The van der Waals surface area contributed by atoms with E-state index in [9.17, 15) is 15.3 Å². The van der Waals surface area contributed by atoms with Crippen molar-refractivity contribution in [3.8, 4) is 0 Å². The number of allylic oxidation sites excluding steroid dienone is 2. The average molecular weight is 408 g/mol. The molecule has 3 N–H and O–H groups in total. The predicted molar refractivity (Wildman–Crippen MR) is 118 cm³/mol. The summed E-state index contributed by atoms with van der Waals surface area (Å²) in [5.74, 6) is 0.767. The van der Waals surface area contributed by atoms with Crippen molar-refractivity contribution >= 4 is 5.90 Å². The predicted octanol–water partition coefficient (Wildman–Crippen LogP) is 4.17. The molecule has 1 aliphatic carbocycles. The van der Waals surface area contributed by atoms with Gasteiger partial charge < -0.3 is 20.1 Å². The molecule has 0 aromatic carbocycles. The number of unbranched alkanes of at least 4 members (excludes halogenated alkanes) is 3. The number of hydrogen-bond donors (Lipinski definition) is 3. The van der Waals surface area contributed by atoms with Crippen LogP contribution in [0.4, 0.5) is 0 Å². The second-order valence-electron chi connectivity index (χ2n) is 9.27. The van der Waals surface area contributed by atoms with Gasteiger partial charge in [-0.15, -0.1) is 0 Å². The Kier molecular flexibility index (Phi) is 9.87. The Labute approximate surface area is 176 Å². The van der Waals surface area contributed by atoms with Crippen molar-refractivity contribution in [1.29, 1.82) is 0 Å². The third-order valence-electron chi connectivity index (χ3n) is 5.93. The first-order valence-electron chi connectivity index (χ1n) is 11.4. The number of nitrogens with zero attached hydrogens (tertiary/aromatic N) is 1. The fraction of sp³-hybridized carbons (Fsp3) is 0.792. The van der Waals surface area contributed by atoms with E-state index in [1.807, 2.05) is 12.2 Å². The lowest BCUT2D eigenvalue weighted by Gasteiger charge is -2.19. The molecule has 29 heavy (non-hydrogen) atoms. The Morgan fingerprint density at radius 1 is 1.17 bits per heavy atom. The molecule has 2 rings (SSSR count). The monoisotopic (exact) mass is 407 g/mol. The lowest BCUT2D eigenvalue weighted by Crippen LogP contribution is -2.20. The van der Waals surface area contributed by atoms with Gasteiger partial charge in [0.1, 0.15) is 6.61 Å². The van der Waals surface area contributed by atoms with Crippen LogP contribution in [0.3, 0.4) is 0 Å². The van der Waals surface area contributed by atoms with E-state index in [1.165, 1.54) is 0 Å². The highest BCUT2D eigenvalue weighted by Crippen LogP contribution is 2.36. The summed E-state index contributed by atoms with van der Waals surface area (Å²) in [4.78, 5) is 4.57. The van der Waals surface area contributed by atoms with Crippen molar-refractivity contribution in [2.75, 3.05) is 6.61 Å². The van der Waals surface area contributed by atoms with Gasteiger partial charge in [0.2, 0.25) is 0 Å². The first kappa shape index (κ1) is 24.1. The zero-order valence-electron chi connectivity index (χ0n) is 18.5. The molecule has 0 aromatic rings. The van der Waals surface area contributed by atoms with Gasteiger partial charge in [0.15, 0.2) is 5.90 Å². The Morgan fingerprint density at radius 2 is 1.97 bits per heavy atom. The fourth-order valence-electron chi connectivity index (χ4n) is 4.20. The van der Waals surface area contributed by atoms with Crippen LogP contribution in [0.15, 0.2) is 29.3 Å². The zero-order chi connectivity index (χ0) is 21.3. The van der Waals surface area contributed by atoms with Crippen molar-refractivity contribution < 1.29 is 20.1 Å². The molecule has 5 nitrogen and oxygen atoms in total. The van der Waals surface area contributed by atoms with Gasteiger partial charge in [-0.25, -0.2) is 4.99 Å². The van der Waals surface area contributed by atoms with Crippen LogP contribution in [0, 0.1) is 11.8 Å². The summed E-state index contributed by atoms with van der Waals surface area (Å²) in [6, 6.07) is 0. The minimum Gasteiger partial charge on any atom is -0.478 e. The van der Waals surface area contributed by atoms with Crippen LogP contribution < -0.4 is 0 Å². The van der Waals surface area contributed by atoms with Crippen molar-refractivity contribution in [3.63, 3.8) is 0 Å². The van der Waals surface area contributed by atoms with E-state index in [0.717, 1.165) is 57.3 Å². The normalized spacial score (nSPS) is 30.2. The standard InChI is InChI=1S/C24H41NO4/c1-4-5-8-11-18(26)14-15-20-19(21(27)16-22(20)28)12-9-6-7-10-13-23-25-24(2,3)17-29-23/h6,9,14-15,18-22,26-28H,4-5,7-8,10-13,16-17H2,1-3H3/t18-,19+,20+,21-,22+/m0/s1. The van der Waals surface area contributed by atoms with Crippen LogP contribution in [-0.4, -0.2) is 51.7 Å². The highest BCUT2D eigenvalue weighted by molar-refractivity contribution is 5.78. The number of aliphatic hydroxyl groups excluding tert-OH is 3. The lowest BCUT2D eigenvalue weighted by molar-refractivity contribution is 0.120. The van der Waals surface area contributed by atoms with Crippen LogP contribution in [0.5, 0.6) is 0 Å². The third-order valence-corrected chi connectivity index (χ3v) is 5.93. The van der Waals surface area contributed by atoms with E-state index in [0.29, 0.717) is 13.0 Å². The first-order valence-corrected chi connectivity index (χ1v) is 11.4. The molecule has 0 bridgehead atoms. The van der Waals surface area contributed by atoms with Gasteiger partial charge in [-0.3, -0.25) is 0 Å². The second kappa shape index (κ2) is 11.9. The van der Waals surface area contributed by atoms with Gasteiger partial charge in [-0.05, 0) is 45.4 Å². The Morgan fingerprint density at radius 3 is 2.66 bits per heavy atom. The fourth-order valence-corrected chi connectivity index (χ4v) is 4.20. The van der Waals surface area contributed by atoms with Crippen LogP contribution in [0.1, 0.15) is 78.6 Å². The molecule has 166 valence electrons. The molecule has 0 saturated heterocycles. The summed E-state index contributed by atoms with van der Waals surface area (Å²) >= 11 is 0. The number of rotatable bonds is 12. The van der Waals surface area contributed by atoms with E-state index in [-0.39, 0.29) is 17.4 Å². The number of hydrogen-bond acceptors (Lipinski definition) is 5. The smallest absolute Gasteiger partial charge is 0.183 e. The van der Waals surface area contributed by atoms with Crippen LogP contribution in [0.2, 0.25) is 0 Å². The van der Waals surface area contributed by atoms with E-state index < -0.39 is 18.3 Å². The maximum absolute atomic E-state index is 10.3. The number of aliphatic imine (C=N–C) groups is 1. The Bertz CT molecular complexity index is 569. The van der Waals surface area contributed by atoms with E-state index in [2.05, 4.69) is 37.9 Å². The lowest BCUT2D eigenvalue weighted by atomic mass is 9.89. The van der Waals surface area contributed by atoms with Crippen molar-refractivity contribution in [2.24, 2.45) is 16.8 Å². The topological polar surface area (TPSA) is 82.3 Å². The van der Waals surface area contributed by atoms with Crippen molar-refractivity contribution in [3.05, 3.63) is 24.3 Å². The number of aliphatic hydroxyl groups is 3. The maximum Gasteiger partial charge on any atom is 0.183 e. The molecular weight excluding hydrogens is 366 g/mol. The highest BCUT2D eigenvalue weighted by Gasteiger charge is 2.39. The van der Waals surface area contributed by atoms with Gasteiger partial charge >= 0.3 is 0 Å². The second-order valence-corrected chi connectivity index (χ2v) is 9.27. The molecule has 0 radical (unpaired) electrons. The van der Waals surface area contributed by atoms with Crippen LogP contribution in [0.25, 0.3) is 0 Å². The Balaban J connectivity index is 1.74. The zero-order valence-corrected chi connectivity index (χ0v) is 18.5. The summed E-state index contributed by atoms with van der Waals surface area (Å²) in [5, 5.41) is 30.8. The molecule has 5 atom stereocenters. The molecule has 0 unspecified atom stereocenters. The van der Waals surface area contributed by atoms with Crippen LogP contribution >= 0.6 is 0 Å². The summed E-state index contributed by atoms with van der Waals surface area (Å²) in [5.41, 5.74) is -0.0866. The highest BCUT2D eigenvalue weighted by atomic mass is 16.5. The third kappa shape index (κ3) is 8.23. The SMILES string of the molecule is CCCCC[C@H](O)C=C[C@@H]1[C@@H](CC=CCCCC2=NC(C)(C)CO2)[C@@H](O)C[C@H]1O. The quantitative estimate of drug-likeness (QED) is 0.335. The van der Waals surface area contributed by atoms with E-state index >= 15 is 0 Å². The summed E-state index contributed by atoms with van der Waals surface area (Å²) < 4.78 is 5.61. The summed E-state index contributed by atoms with van der Waals surface area (Å²) in [6.45, 7) is 6.98.